The van der Waals surface area contributed by atoms with Crippen molar-refractivity contribution in [1.82, 2.24) is 9.88 Å². The molecule has 0 aliphatic heterocycles. The molecule has 1 N–H and O–H groups in total. The molecule has 1 heterocycles. The summed E-state index contributed by atoms with van der Waals surface area (Å²) in [6.45, 7) is 4.52. The standard InChI is InChI=1S/C16H26N2O/c1-12-10-15(13(2)17-12)16(19)11-18(3)14-8-6-4-5-7-9-14/h10,14,17H,4-9,11H2,1-3H3. The van der Waals surface area contributed by atoms with E-state index in [9.17, 15) is 4.79 Å². The van der Waals surface area contributed by atoms with Crippen molar-refractivity contribution >= 4 is 5.78 Å². The van der Waals surface area contributed by atoms with Crippen molar-refractivity contribution < 1.29 is 4.79 Å². The van der Waals surface area contributed by atoms with E-state index in [0.717, 1.165) is 17.0 Å². The molecule has 1 saturated carbocycles. The Hall–Kier alpha value is -1.09. The Morgan fingerprint density at radius 2 is 1.89 bits per heavy atom. The van der Waals surface area contributed by atoms with E-state index in [-0.39, 0.29) is 5.78 Å². The summed E-state index contributed by atoms with van der Waals surface area (Å²) in [7, 11) is 2.10. The number of aromatic nitrogens is 1. The summed E-state index contributed by atoms with van der Waals surface area (Å²) in [6.07, 6.45) is 7.82. The van der Waals surface area contributed by atoms with E-state index in [1.165, 1.54) is 38.5 Å². The number of rotatable bonds is 4. The van der Waals surface area contributed by atoms with Gasteiger partial charge in [-0.3, -0.25) is 9.69 Å². The highest BCUT2D eigenvalue weighted by atomic mass is 16.1. The number of Topliss-reactive ketones (excluding diaryl/α,β-unsaturated/α-hetero) is 1. The molecule has 0 bridgehead atoms. The lowest BCUT2D eigenvalue weighted by molar-refractivity contribution is 0.0911. The van der Waals surface area contributed by atoms with Crippen LogP contribution in [0.25, 0.3) is 0 Å². The van der Waals surface area contributed by atoms with Crippen molar-refractivity contribution in [2.45, 2.75) is 58.4 Å². The molecule has 1 fully saturated rings. The smallest absolute Gasteiger partial charge is 0.178 e. The number of hydrogen-bond donors (Lipinski definition) is 1. The van der Waals surface area contributed by atoms with Crippen LogP contribution in [-0.2, 0) is 0 Å². The molecule has 0 amide bonds. The monoisotopic (exact) mass is 262 g/mol. The van der Waals surface area contributed by atoms with Crippen LogP contribution in [0.3, 0.4) is 0 Å². The highest BCUT2D eigenvalue weighted by Gasteiger charge is 2.20. The second-order valence-corrected chi connectivity index (χ2v) is 5.97. The minimum absolute atomic E-state index is 0.244. The second-order valence-electron chi connectivity index (χ2n) is 5.97. The maximum atomic E-state index is 12.4. The molecule has 0 spiro atoms. The SMILES string of the molecule is Cc1cc(C(=O)CN(C)C2CCCCCC2)c(C)[nH]1. The quantitative estimate of drug-likeness (QED) is 0.666. The summed E-state index contributed by atoms with van der Waals surface area (Å²) in [5.74, 6) is 0.244. The van der Waals surface area contributed by atoms with Gasteiger partial charge < -0.3 is 4.98 Å². The Morgan fingerprint density at radius 3 is 2.42 bits per heavy atom. The molecule has 0 saturated heterocycles. The number of aryl methyl sites for hydroxylation is 2. The summed E-state index contributed by atoms with van der Waals surface area (Å²) in [5, 5.41) is 0. The number of carbonyl (C=O) groups excluding carboxylic acids is 1. The summed E-state index contributed by atoms with van der Waals surface area (Å²) < 4.78 is 0. The van der Waals surface area contributed by atoms with Gasteiger partial charge in [-0.05, 0) is 39.8 Å². The van der Waals surface area contributed by atoms with Crippen LogP contribution in [0.15, 0.2) is 6.07 Å². The van der Waals surface area contributed by atoms with Crippen molar-refractivity contribution in [3.8, 4) is 0 Å². The molecule has 0 atom stereocenters. The number of likely N-dealkylation sites (N-methyl/N-ethyl adjacent to an activating group) is 1. The van der Waals surface area contributed by atoms with Crippen molar-refractivity contribution in [1.29, 1.82) is 0 Å². The lowest BCUT2D eigenvalue weighted by Gasteiger charge is -2.26. The number of ketones is 1. The highest BCUT2D eigenvalue weighted by Crippen LogP contribution is 2.21. The average molecular weight is 262 g/mol. The summed E-state index contributed by atoms with van der Waals surface area (Å²) >= 11 is 0. The molecule has 106 valence electrons. The topological polar surface area (TPSA) is 36.1 Å². The van der Waals surface area contributed by atoms with Crippen LogP contribution in [0, 0.1) is 13.8 Å². The fourth-order valence-corrected chi connectivity index (χ4v) is 3.15. The van der Waals surface area contributed by atoms with E-state index in [0.29, 0.717) is 12.6 Å². The summed E-state index contributed by atoms with van der Waals surface area (Å²) in [4.78, 5) is 17.8. The number of carbonyl (C=O) groups is 1. The van der Waals surface area contributed by atoms with Gasteiger partial charge in [0.15, 0.2) is 5.78 Å². The first-order chi connectivity index (χ1) is 9.08. The first-order valence-corrected chi connectivity index (χ1v) is 7.47. The van der Waals surface area contributed by atoms with Crippen LogP contribution in [0.4, 0.5) is 0 Å². The summed E-state index contributed by atoms with van der Waals surface area (Å²) in [6, 6.07) is 2.56. The number of aromatic amines is 1. The van der Waals surface area contributed by atoms with Gasteiger partial charge in [-0.15, -0.1) is 0 Å². The predicted molar refractivity (Wildman–Crippen MR) is 78.7 cm³/mol. The molecular formula is C16H26N2O. The number of H-pyrrole nitrogens is 1. The first kappa shape index (κ1) is 14.3. The van der Waals surface area contributed by atoms with Crippen LogP contribution in [0.2, 0.25) is 0 Å². The maximum Gasteiger partial charge on any atom is 0.178 e. The molecular weight excluding hydrogens is 236 g/mol. The van der Waals surface area contributed by atoms with E-state index in [2.05, 4.69) is 16.9 Å². The fourth-order valence-electron chi connectivity index (χ4n) is 3.15. The lowest BCUT2D eigenvalue weighted by Crippen LogP contribution is -2.35. The molecule has 1 aromatic heterocycles. The van der Waals surface area contributed by atoms with E-state index in [1.54, 1.807) is 0 Å². The van der Waals surface area contributed by atoms with Gasteiger partial charge in [0, 0.05) is 23.0 Å². The highest BCUT2D eigenvalue weighted by molar-refractivity contribution is 5.98. The Kier molecular flexibility index (Phi) is 4.81. The van der Waals surface area contributed by atoms with Crippen molar-refractivity contribution in [2.75, 3.05) is 13.6 Å². The third kappa shape index (κ3) is 3.69. The first-order valence-electron chi connectivity index (χ1n) is 7.47. The zero-order valence-corrected chi connectivity index (χ0v) is 12.5. The molecule has 0 unspecified atom stereocenters. The largest absolute Gasteiger partial charge is 0.362 e. The van der Waals surface area contributed by atoms with Crippen LogP contribution in [0.1, 0.15) is 60.3 Å². The van der Waals surface area contributed by atoms with E-state index in [1.807, 2.05) is 19.9 Å². The maximum absolute atomic E-state index is 12.4. The molecule has 19 heavy (non-hydrogen) atoms. The number of nitrogens with one attached hydrogen (secondary N) is 1. The van der Waals surface area contributed by atoms with E-state index in [4.69, 9.17) is 0 Å². The number of nitrogens with zero attached hydrogens (tertiary/aromatic N) is 1. The van der Waals surface area contributed by atoms with Gasteiger partial charge in [0.1, 0.15) is 0 Å². The predicted octanol–water partition coefficient (Wildman–Crippen LogP) is 3.47. The summed E-state index contributed by atoms with van der Waals surface area (Å²) in [5.41, 5.74) is 2.92. The normalized spacial score (nSPS) is 17.7. The van der Waals surface area contributed by atoms with Crippen LogP contribution >= 0.6 is 0 Å². The van der Waals surface area contributed by atoms with Crippen LogP contribution < -0.4 is 0 Å². The van der Waals surface area contributed by atoms with Gasteiger partial charge in [0.2, 0.25) is 0 Å². The van der Waals surface area contributed by atoms with Gasteiger partial charge >= 0.3 is 0 Å². The Morgan fingerprint density at radius 1 is 1.26 bits per heavy atom. The molecule has 3 nitrogen and oxygen atoms in total. The molecule has 1 aromatic rings. The molecule has 1 aliphatic rings. The van der Waals surface area contributed by atoms with Gasteiger partial charge in [0.25, 0.3) is 0 Å². The zero-order valence-electron chi connectivity index (χ0n) is 12.5. The second kappa shape index (κ2) is 6.38. The average Bonchev–Trinajstić information content (AvgIpc) is 2.58. The molecule has 3 heteroatoms. The van der Waals surface area contributed by atoms with Crippen LogP contribution in [0.5, 0.6) is 0 Å². The lowest BCUT2D eigenvalue weighted by atomic mass is 10.1. The number of hydrogen-bond acceptors (Lipinski definition) is 2. The van der Waals surface area contributed by atoms with Crippen LogP contribution in [-0.4, -0.2) is 35.3 Å². The Labute approximate surface area is 116 Å². The Balaban J connectivity index is 1.96. The van der Waals surface area contributed by atoms with Crippen molar-refractivity contribution in [3.63, 3.8) is 0 Å². The minimum Gasteiger partial charge on any atom is -0.362 e. The van der Waals surface area contributed by atoms with Gasteiger partial charge in [-0.1, -0.05) is 25.7 Å². The van der Waals surface area contributed by atoms with Gasteiger partial charge in [0.05, 0.1) is 6.54 Å². The van der Waals surface area contributed by atoms with Gasteiger partial charge in [-0.25, -0.2) is 0 Å². The fraction of sp³-hybridized carbons (Fsp3) is 0.688. The molecule has 0 aromatic carbocycles. The molecule has 0 radical (unpaired) electrons. The minimum atomic E-state index is 0.244. The molecule has 1 aliphatic carbocycles. The Bertz CT molecular complexity index is 428. The molecule has 2 rings (SSSR count). The van der Waals surface area contributed by atoms with Crippen molar-refractivity contribution in [2.24, 2.45) is 0 Å². The van der Waals surface area contributed by atoms with E-state index >= 15 is 0 Å². The van der Waals surface area contributed by atoms with E-state index < -0.39 is 0 Å². The third-order valence-electron chi connectivity index (χ3n) is 4.29. The zero-order chi connectivity index (χ0) is 13.8. The van der Waals surface area contributed by atoms with Crippen molar-refractivity contribution in [3.05, 3.63) is 23.0 Å². The van der Waals surface area contributed by atoms with Gasteiger partial charge in [-0.2, -0.15) is 0 Å². The third-order valence-corrected chi connectivity index (χ3v) is 4.29.